The van der Waals surface area contributed by atoms with E-state index in [2.05, 4.69) is 32.5 Å². The SMILES string of the molecule is CCNC1CCN(c2cc(F)c(C(=O)Nc3cn4c(C)c(C)nc4c(F)c3OC)c3nn(C)cc23)CC1. The van der Waals surface area contributed by atoms with Crippen LogP contribution in [-0.2, 0) is 7.05 Å². The monoisotopic (exact) mass is 511 g/mol. The molecule has 0 unspecified atom stereocenters. The van der Waals surface area contributed by atoms with Crippen LogP contribution in [0.5, 0.6) is 5.75 Å². The van der Waals surface area contributed by atoms with Crippen molar-refractivity contribution in [2.45, 2.75) is 39.7 Å². The van der Waals surface area contributed by atoms with Gasteiger partial charge in [-0.15, -0.1) is 0 Å². The molecule has 0 spiro atoms. The highest BCUT2D eigenvalue weighted by Gasteiger charge is 2.27. The molecule has 5 rings (SSSR count). The third-order valence-electron chi connectivity index (χ3n) is 7.14. The maximum Gasteiger partial charge on any atom is 0.261 e. The number of aryl methyl sites for hydroxylation is 3. The summed E-state index contributed by atoms with van der Waals surface area (Å²) >= 11 is 0. The molecular weight excluding hydrogens is 480 g/mol. The van der Waals surface area contributed by atoms with Crippen LogP contribution in [0.15, 0.2) is 18.5 Å². The highest BCUT2D eigenvalue weighted by atomic mass is 19.1. The second-order valence-corrected chi connectivity index (χ2v) is 9.46. The Morgan fingerprint density at radius 3 is 2.62 bits per heavy atom. The molecule has 9 nitrogen and oxygen atoms in total. The Morgan fingerprint density at radius 2 is 1.95 bits per heavy atom. The van der Waals surface area contributed by atoms with Crippen molar-refractivity contribution < 1.29 is 18.3 Å². The predicted octanol–water partition coefficient (Wildman–Crippen LogP) is 3.96. The summed E-state index contributed by atoms with van der Waals surface area (Å²) in [5, 5.41) is 11.2. The lowest BCUT2D eigenvalue weighted by molar-refractivity contribution is 0.102. The Morgan fingerprint density at radius 1 is 1.22 bits per heavy atom. The first-order valence-electron chi connectivity index (χ1n) is 12.4. The minimum absolute atomic E-state index is 0.0658. The first kappa shape index (κ1) is 24.9. The van der Waals surface area contributed by atoms with E-state index in [-0.39, 0.29) is 28.2 Å². The zero-order valence-electron chi connectivity index (χ0n) is 21.7. The summed E-state index contributed by atoms with van der Waals surface area (Å²) in [6, 6.07) is 1.84. The van der Waals surface area contributed by atoms with E-state index in [1.807, 2.05) is 0 Å². The predicted molar refractivity (Wildman–Crippen MR) is 139 cm³/mol. The van der Waals surface area contributed by atoms with Gasteiger partial charge in [-0.05, 0) is 39.3 Å². The highest BCUT2D eigenvalue weighted by molar-refractivity contribution is 6.14. The van der Waals surface area contributed by atoms with E-state index < -0.39 is 17.5 Å². The number of amides is 1. The number of benzene rings is 1. The molecule has 3 aromatic heterocycles. The molecule has 196 valence electrons. The Kier molecular flexibility index (Phi) is 6.49. The van der Waals surface area contributed by atoms with Gasteiger partial charge in [-0.25, -0.2) is 9.37 Å². The first-order valence-corrected chi connectivity index (χ1v) is 12.4. The van der Waals surface area contributed by atoms with Gasteiger partial charge in [-0.2, -0.15) is 9.49 Å². The molecule has 0 atom stereocenters. The van der Waals surface area contributed by atoms with Gasteiger partial charge in [0.05, 0.1) is 18.5 Å². The normalized spacial score (nSPS) is 14.6. The van der Waals surface area contributed by atoms with Crippen molar-refractivity contribution >= 4 is 33.8 Å². The number of fused-ring (bicyclic) bond motifs is 2. The van der Waals surface area contributed by atoms with Gasteiger partial charge in [0.1, 0.15) is 22.6 Å². The van der Waals surface area contributed by atoms with Gasteiger partial charge >= 0.3 is 0 Å². The minimum atomic E-state index is -0.745. The number of hydrogen-bond donors (Lipinski definition) is 2. The van der Waals surface area contributed by atoms with E-state index in [1.54, 1.807) is 31.8 Å². The number of imidazole rings is 1. The summed E-state index contributed by atoms with van der Waals surface area (Å²) in [7, 11) is 3.04. The third-order valence-corrected chi connectivity index (χ3v) is 7.14. The second-order valence-electron chi connectivity index (χ2n) is 9.46. The number of anilines is 2. The van der Waals surface area contributed by atoms with Crippen molar-refractivity contribution in [1.29, 1.82) is 0 Å². The molecule has 1 amide bonds. The first-order chi connectivity index (χ1) is 17.7. The van der Waals surface area contributed by atoms with Crippen LogP contribution in [0, 0.1) is 25.5 Å². The van der Waals surface area contributed by atoms with E-state index in [0.717, 1.165) is 32.5 Å². The Bertz CT molecular complexity index is 1500. The number of halogens is 2. The van der Waals surface area contributed by atoms with E-state index in [4.69, 9.17) is 4.74 Å². The Labute approximate surface area is 213 Å². The number of methoxy groups -OCH3 is 1. The maximum absolute atomic E-state index is 15.6. The summed E-state index contributed by atoms with van der Waals surface area (Å²) in [4.78, 5) is 19.8. The number of hydrogen-bond acceptors (Lipinski definition) is 6. The molecule has 11 heteroatoms. The molecule has 4 aromatic rings. The van der Waals surface area contributed by atoms with Crippen molar-refractivity contribution in [2.75, 3.05) is 37.0 Å². The molecule has 0 bridgehead atoms. The largest absolute Gasteiger partial charge is 0.491 e. The topological polar surface area (TPSA) is 88.7 Å². The highest BCUT2D eigenvalue weighted by Crippen LogP contribution is 2.35. The number of nitrogens with one attached hydrogen (secondary N) is 2. The molecule has 1 aliphatic rings. The van der Waals surface area contributed by atoms with Crippen molar-refractivity contribution in [3.8, 4) is 5.75 Å². The molecule has 2 N–H and O–H groups in total. The zero-order valence-corrected chi connectivity index (χ0v) is 21.7. The number of rotatable bonds is 6. The van der Waals surface area contributed by atoms with Crippen LogP contribution in [0.4, 0.5) is 20.2 Å². The van der Waals surface area contributed by atoms with E-state index in [9.17, 15) is 4.79 Å². The van der Waals surface area contributed by atoms with Gasteiger partial charge in [0.15, 0.2) is 11.4 Å². The van der Waals surface area contributed by atoms with Crippen LogP contribution in [0.1, 0.15) is 41.5 Å². The van der Waals surface area contributed by atoms with Crippen molar-refractivity contribution in [2.24, 2.45) is 7.05 Å². The molecule has 0 radical (unpaired) electrons. The maximum atomic E-state index is 15.6. The molecule has 1 fully saturated rings. The second kappa shape index (κ2) is 9.62. The van der Waals surface area contributed by atoms with Gasteiger partial charge in [0, 0.05) is 49.7 Å². The van der Waals surface area contributed by atoms with Gasteiger partial charge in [0.2, 0.25) is 5.82 Å². The quantitative estimate of drug-likeness (QED) is 0.408. The lowest BCUT2D eigenvalue weighted by Crippen LogP contribution is -2.42. The van der Waals surface area contributed by atoms with Crippen molar-refractivity contribution in [3.05, 3.63) is 47.0 Å². The van der Waals surface area contributed by atoms with E-state index in [1.165, 1.54) is 23.8 Å². The molecule has 1 aliphatic heterocycles. The number of carbonyl (C=O) groups excluding carboxylic acids is 1. The molecule has 1 saturated heterocycles. The van der Waals surface area contributed by atoms with E-state index >= 15 is 8.78 Å². The number of aromatic nitrogens is 4. The fourth-order valence-corrected chi connectivity index (χ4v) is 5.15. The van der Waals surface area contributed by atoms with Crippen LogP contribution in [0.25, 0.3) is 16.6 Å². The van der Waals surface area contributed by atoms with Crippen LogP contribution < -0.4 is 20.3 Å². The molecular formula is C26H31F2N7O2. The number of carbonyl (C=O) groups is 1. The average molecular weight is 512 g/mol. The standard InChI is InChI=1S/C26H31F2N7O2/c1-6-29-16-7-9-34(10-8-16)20-11-18(27)21(23-17(20)12-33(4)32-23)26(36)31-19-13-35-15(3)14(2)30-25(35)22(28)24(19)37-5/h11-13,16,29H,6-10H2,1-5H3,(H,31,36). The van der Waals surface area contributed by atoms with E-state index in [0.29, 0.717) is 28.5 Å². The number of pyridine rings is 1. The summed E-state index contributed by atoms with van der Waals surface area (Å²) in [6.45, 7) is 8.11. The zero-order chi connectivity index (χ0) is 26.4. The summed E-state index contributed by atoms with van der Waals surface area (Å²) in [5.74, 6) is -2.33. The molecule has 37 heavy (non-hydrogen) atoms. The fourth-order valence-electron chi connectivity index (χ4n) is 5.15. The van der Waals surface area contributed by atoms with Crippen LogP contribution in [0.3, 0.4) is 0 Å². The molecule has 0 saturated carbocycles. The van der Waals surface area contributed by atoms with Gasteiger partial charge in [0.25, 0.3) is 5.91 Å². The molecule has 1 aromatic carbocycles. The van der Waals surface area contributed by atoms with Crippen LogP contribution in [0.2, 0.25) is 0 Å². The molecule has 4 heterocycles. The summed E-state index contributed by atoms with van der Waals surface area (Å²) in [5.41, 5.74) is 2.27. The summed E-state index contributed by atoms with van der Waals surface area (Å²) in [6.07, 6.45) is 5.21. The van der Waals surface area contributed by atoms with Gasteiger partial charge in [-0.1, -0.05) is 6.92 Å². The smallest absolute Gasteiger partial charge is 0.261 e. The number of ether oxygens (including phenoxy) is 1. The Hall–Kier alpha value is -3.73. The molecule has 0 aliphatic carbocycles. The number of nitrogens with zero attached hydrogens (tertiary/aromatic N) is 5. The average Bonchev–Trinajstić information content (AvgIpc) is 3.38. The lowest BCUT2D eigenvalue weighted by atomic mass is 10.0. The fraction of sp³-hybridized carbons (Fsp3) is 0.423. The van der Waals surface area contributed by atoms with Crippen molar-refractivity contribution in [1.82, 2.24) is 24.5 Å². The third kappa shape index (κ3) is 4.26. The minimum Gasteiger partial charge on any atom is -0.491 e. The van der Waals surface area contributed by atoms with Crippen LogP contribution >= 0.6 is 0 Å². The van der Waals surface area contributed by atoms with Crippen molar-refractivity contribution in [3.63, 3.8) is 0 Å². The summed E-state index contributed by atoms with van der Waals surface area (Å²) < 4.78 is 39.1. The number of piperidine rings is 1. The lowest BCUT2D eigenvalue weighted by Gasteiger charge is -2.34. The van der Waals surface area contributed by atoms with Crippen LogP contribution in [-0.4, -0.2) is 57.9 Å². The van der Waals surface area contributed by atoms with Gasteiger partial charge < -0.3 is 20.3 Å². The van der Waals surface area contributed by atoms with Gasteiger partial charge in [-0.3, -0.25) is 13.9 Å². The Balaban J connectivity index is 1.53.